The predicted octanol–water partition coefficient (Wildman–Crippen LogP) is 3.22. The molecule has 1 atom stereocenters. The Kier molecular flexibility index (Phi) is 7.48. The molecule has 25 heavy (non-hydrogen) atoms. The molecule has 0 saturated carbocycles. The second kappa shape index (κ2) is 10.1. The average molecular weight is 338 g/mol. The number of nitriles is 1. The molecule has 2 aromatic carbocycles. The van der Waals surface area contributed by atoms with Gasteiger partial charge in [0.05, 0.1) is 11.7 Å². The molecule has 0 aromatic heterocycles. The molecule has 5 nitrogen and oxygen atoms in total. The third kappa shape index (κ3) is 6.28. The highest BCUT2D eigenvalue weighted by Gasteiger charge is 2.07. The topological polar surface area (TPSA) is 71.3 Å². The molecule has 0 radical (unpaired) electrons. The van der Waals surface area contributed by atoms with Gasteiger partial charge >= 0.3 is 0 Å². The zero-order chi connectivity index (χ0) is 17.9. The number of benzene rings is 2. The minimum Gasteiger partial charge on any atom is -0.482 e. The van der Waals surface area contributed by atoms with Crippen LogP contribution in [0.4, 0.5) is 0 Å². The molecule has 0 aliphatic carbocycles. The van der Waals surface area contributed by atoms with Crippen LogP contribution in [0.2, 0.25) is 0 Å². The van der Waals surface area contributed by atoms with Gasteiger partial charge in [0.1, 0.15) is 11.8 Å². The maximum absolute atomic E-state index is 11.8. The Morgan fingerprint density at radius 3 is 2.64 bits per heavy atom. The highest BCUT2D eigenvalue weighted by molar-refractivity contribution is 5.77. The van der Waals surface area contributed by atoms with Gasteiger partial charge in [-0.3, -0.25) is 4.79 Å². The highest BCUT2D eigenvalue weighted by Crippen LogP contribution is 2.16. The normalized spacial score (nSPS) is 11.4. The minimum absolute atomic E-state index is 0.0303. The Morgan fingerprint density at radius 1 is 1.16 bits per heavy atom. The Hall–Kier alpha value is -2.84. The van der Waals surface area contributed by atoms with Crippen LogP contribution in [0.15, 0.2) is 54.6 Å². The standard InChI is InChI=1S/C20H22N2O3/c1-16(17-8-3-2-4-9-17)24-13-7-12-22-20(23)15-25-19-11-6-5-10-18(19)14-21/h2-6,8-11,16H,7,12-13,15H2,1H3,(H,22,23). The van der Waals surface area contributed by atoms with Crippen molar-refractivity contribution in [2.24, 2.45) is 0 Å². The molecule has 0 aliphatic heterocycles. The number of nitrogens with one attached hydrogen (secondary N) is 1. The molecule has 2 aromatic rings. The van der Waals surface area contributed by atoms with Crippen molar-refractivity contribution in [3.05, 3.63) is 65.7 Å². The van der Waals surface area contributed by atoms with Crippen LogP contribution in [0.5, 0.6) is 5.75 Å². The van der Waals surface area contributed by atoms with E-state index in [0.717, 1.165) is 12.0 Å². The van der Waals surface area contributed by atoms with E-state index in [0.29, 0.717) is 24.5 Å². The van der Waals surface area contributed by atoms with Crippen LogP contribution in [0, 0.1) is 11.3 Å². The molecule has 0 aliphatic rings. The molecule has 0 fully saturated rings. The number of rotatable bonds is 9. The lowest BCUT2D eigenvalue weighted by Crippen LogP contribution is -2.30. The van der Waals surface area contributed by atoms with Gasteiger partial charge in [-0.15, -0.1) is 0 Å². The summed E-state index contributed by atoms with van der Waals surface area (Å²) in [4.78, 5) is 11.8. The summed E-state index contributed by atoms with van der Waals surface area (Å²) in [6, 6.07) is 18.9. The van der Waals surface area contributed by atoms with E-state index in [1.807, 2.05) is 43.3 Å². The number of carbonyl (C=O) groups excluding carboxylic acids is 1. The largest absolute Gasteiger partial charge is 0.482 e. The first-order chi connectivity index (χ1) is 12.2. The van der Waals surface area contributed by atoms with Gasteiger partial charge in [-0.2, -0.15) is 5.26 Å². The summed E-state index contributed by atoms with van der Waals surface area (Å²) in [6.45, 7) is 2.98. The van der Waals surface area contributed by atoms with Crippen molar-refractivity contribution >= 4 is 5.91 Å². The first kappa shape index (κ1) is 18.5. The number of para-hydroxylation sites is 1. The fourth-order valence-corrected chi connectivity index (χ4v) is 2.26. The van der Waals surface area contributed by atoms with E-state index in [-0.39, 0.29) is 18.6 Å². The van der Waals surface area contributed by atoms with Crippen LogP contribution < -0.4 is 10.1 Å². The number of hydrogen-bond acceptors (Lipinski definition) is 4. The van der Waals surface area contributed by atoms with E-state index in [2.05, 4.69) is 5.32 Å². The van der Waals surface area contributed by atoms with E-state index in [4.69, 9.17) is 14.7 Å². The quantitative estimate of drug-likeness (QED) is 0.713. The lowest BCUT2D eigenvalue weighted by molar-refractivity contribution is -0.123. The summed E-state index contributed by atoms with van der Waals surface area (Å²) in [6.07, 6.45) is 0.750. The van der Waals surface area contributed by atoms with E-state index in [1.165, 1.54) is 0 Å². The fourth-order valence-electron chi connectivity index (χ4n) is 2.26. The van der Waals surface area contributed by atoms with Crippen molar-refractivity contribution in [2.75, 3.05) is 19.8 Å². The molecule has 0 heterocycles. The summed E-state index contributed by atoms with van der Waals surface area (Å²) >= 11 is 0. The number of nitrogens with zero attached hydrogens (tertiary/aromatic N) is 1. The Bertz CT molecular complexity index is 710. The Morgan fingerprint density at radius 2 is 1.88 bits per heavy atom. The lowest BCUT2D eigenvalue weighted by atomic mass is 10.1. The monoisotopic (exact) mass is 338 g/mol. The maximum Gasteiger partial charge on any atom is 0.257 e. The van der Waals surface area contributed by atoms with Gasteiger partial charge in [-0.1, -0.05) is 42.5 Å². The number of carbonyl (C=O) groups is 1. The van der Waals surface area contributed by atoms with Crippen molar-refractivity contribution < 1.29 is 14.3 Å². The number of amides is 1. The second-order valence-corrected chi connectivity index (χ2v) is 5.52. The van der Waals surface area contributed by atoms with Crippen molar-refractivity contribution in [3.63, 3.8) is 0 Å². The van der Waals surface area contributed by atoms with Gasteiger partial charge in [0.2, 0.25) is 0 Å². The van der Waals surface area contributed by atoms with Crippen molar-refractivity contribution in [1.29, 1.82) is 5.26 Å². The Labute approximate surface area is 148 Å². The van der Waals surface area contributed by atoms with Crippen LogP contribution in [-0.4, -0.2) is 25.7 Å². The first-order valence-corrected chi connectivity index (χ1v) is 8.26. The summed E-state index contributed by atoms with van der Waals surface area (Å²) in [5, 5.41) is 11.7. The summed E-state index contributed by atoms with van der Waals surface area (Å²) in [5.41, 5.74) is 1.55. The van der Waals surface area contributed by atoms with Crippen LogP contribution in [0.1, 0.15) is 30.6 Å². The number of ether oxygens (including phenoxy) is 2. The SMILES string of the molecule is CC(OCCCNC(=O)COc1ccccc1C#N)c1ccccc1. The third-order valence-corrected chi connectivity index (χ3v) is 3.65. The summed E-state index contributed by atoms with van der Waals surface area (Å²) in [5.74, 6) is 0.198. The molecule has 1 unspecified atom stereocenters. The first-order valence-electron chi connectivity index (χ1n) is 8.26. The Balaban J connectivity index is 1.60. The van der Waals surface area contributed by atoms with Crippen molar-refractivity contribution in [3.8, 4) is 11.8 Å². The molecule has 1 N–H and O–H groups in total. The zero-order valence-electron chi connectivity index (χ0n) is 14.3. The van der Waals surface area contributed by atoms with E-state index >= 15 is 0 Å². The van der Waals surface area contributed by atoms with Gasteiger partial charge < -0.3 is 14.8 Å². The molecule has 1 amide bonds. The smallest absolute Gasteiger partial charge is 0.257 e. The second-order valence-electron chi connectivity index (χ2n) is 5.52. The molecular formula is C20H22N2O3. The van der Waals surface area contributed by atoms with Crippen LogP contribution >= 0.6 is 0 Å². The maximum atomic E-state index is 11.8. The fraction of sp³-hybridized carbons (Fsp3) is 0.300. The van der Waals surface area contributed by atoms with Crippen LogP contribution in [-0.2, 0) is 9.53 Å². The van der Waals surface area contributed by atoms with Crippen LogP contribution in [0.3, 0.4) is 0 Å². The van der Waals surface area contributed by atoms with Gasteiger partial charge in [-0.05, 0) is 31.0 Å². The molecule has 0 spiro atoms. The molecule has 2 rings (SSSR count). The molecule has 5 heteroatoms. The third-order valence-electron chi connectivity index (χ3n) is 3.65. The van der Waals surface area contributed by atoms with Gasteiger partial charge in [0.25, 0.3) is 5.91 Å². The summed E-state index contributed by atoms with van der Waals surface area (Å²) in [7, 11) is 0. The van der Waals surface area contributed by atoms with Gasteiger partial charge in [-0.25, -0.2) is 0 Å². The lowest BCUT2D eigenvalue weighted by Gasteiger charge is -2.13. The van der Waals surface area contributed by atoms with Gasteiger partial charge in [0.15, 0.2) is 6.61 Å². The molecular weight excluding hydrogens is 316 g/mol. The van der Waals surface area contributed by atoms with E-state index in [9.17, 15) is 4.79 Å². The minimum atomic E-state index is -0.219. The van der Waals surface area contributed by atoms with E-state index < -0.39 is 0 Å². The van der Waals surface area contributed by atoms with Crippen molar-refractivity contribution in [1.82, 2.24) is 5.32 Å². The zero-order valence-corrected chi connectivity index (χ0v) is 14.3. The predicted molar refractivity (Wildman–Crippen MR) is 95.1 cm³/mol. The van der Waals surface area contributed by atoms with Gasteiger partial charge in [0, 0.05) is 13.2 Å². The van der Waals surface area contributed by atoms with Crippen LogP contribution in [0.25, 0.3) is 0 Å². The highest BCUT2D eigenvalue weighted by atomic mass is 16.5. The average Bonchev–Trinajstić information content (AvgIpc) is 2.66. The molecule has 0 bridgehead atoms. The van der Waals surface area contributed by atoms with E-state index in [1.54, 1.807) is 24.3 Å². The molecule has 130 valence electrons. The number of hydrogen-bond donors (Lipinski definition) is 1. The summed E-state index contributed by atoms with van der Waals surface area (Å²) < 4.78 is 11.1. The molecule has 0 saturated heterocycles. The van der Waals surface area contributed by atoms with Crippen molar-refractivity contribution in [2.45, 2.75) is 19.4 Å².